The molecule has 2 aromatic carbocycles. The van der Waals surface area contributed by atoms with Crippen LogP contribution >= 0.6 is 11.8 Å². The first-order chi connectivity index (χ1) is 15.7. The Morgan fingerprint density at radius 2 is 1.66 bits per heavy atom. The van der Waals surface area contributed by atoms with Crippen molar-refractivity contribution in [2.24, 2.45) is 0 Å². The molecular weight excluding hydrogens is 416 g/mol. The van der Waals surface area contributed by atoms with E-state index in [4.69, 9.17) is 9.97 Å². The van der Waals surface area contributed by atoms with Crippen molar-refractivity contribution < 1.29 is 4.79 Å². The number of likely N-dealkylation sites (tertiary alicyclic amines) is 1. The van der Waals surface area contributed by atoms with Crippen LogP contribution in [0.15, 0.2) is 65.8 Å². The lowest BCUT2D eigenvalue weighted by Crippen LogP contribution is -2.27. The Balaban J connectivity index is 1.50. The van der Waals surface area contributed by atoms with E-state index in [9.17, 15) is 4.79 Å². The molecule has 0 saturated carbocycles. The predicted molar refractivity (Wildman–Crippen MR) is 132 cm³/mol. The average Bonchev–Trinajstić information content (AvgIpc) is 3.39. The first-order valence-corrected chi connectivity index (χ1v) is 12.4. The van der Waals surface area contributed by atoms with Gasteiger partial charge in [0.2, 0.25) is 0 Å². The van der Waals surface area contributed by atoms with Gasteiger partial charge in [0.05, 0.1) is 5.69 Å². The van der Waals surface area contributed by atoms with Crippen molar-refractivity contribution in [2.75, 3.05) is 31.1 Å². The second kappa shape index (κ2) is 10.6. The van der Waals surface area contributed by atoms with Crippen molar-refractivity contribution in [3.8, 4) is 11.3 Å². The monoisotopic (exact) mass is 446 g/mol. The van der Waals surface area contributed by atoms with Crippen LogP contribution in [0, 0.1) is 0 Å². The number of hydrogen-bond donors (Lipinski definition) is 0. The summed E-state index contributed by atoms with van der Waals surface area (Å²) in [6, 6.07) is 20.3. The van der Waals surface area contributed by atoms with Gasteiger partial charge in [0, 0.05) is 49.1 Å². The van der Waals surface area contributed by atoms with E-state index >= 15 is 0 Å². The van der Waals surface area contributed by atoms with Gasteiger partial charge in [-0.15, -0.1) is 0 Å². The lowest BCUT2D eigenvalue weighted by Gasteiger charge is -2.21. The number of benzene rings is 2. The summed E-state index contributed by atoms with van der Waals surface area (Å²) in [5.41, 5.74) is 3.96. The molecule has 0 atom stereocenters. The fourth-order valence-electron chi connectivity index (χ4n) is 3.94. The highest BCUT2D eigenvalue weighted by atomic mass is 32.2. The molecule has 0 radical (unpaired) electrons. The Morgan fingerprint density at radius 3 is 2.31 bits per heavy atom. The average molecular weight is 447 g/mol. The quantitative estimate of drug-likeness (QED) is 0.337. The van der Waals surface area contributed by atoms with Gasteiger partial charge in [-0.3, -0.25) is 4.79 Å². The van der Waals surface area contributed by atoms with E-state index in [1.807, 2.05) is 47.4 Å². The van der Waals surface area contributed by atoms with Crippen molar-refractivity contribution in [1.82, 2.24) is 14.9 Å². The molecule has 0 aliphatic carbocycles. The Hall–Kier alpha value is -2.86. The van der Waals surface area contributed by atoms with Gasteiger partial charge in [-0.2, -0.15) is 0 Å². The molecule has 3 aromatic rings. The smallest absolute Gasteiger partial charge is 0.253 e. The number of aromatic nitrogens is 2. The largest absolute Gasteiger partial charge is 0.357 e. The first kappa shape index (κ1) is 22.3. The maximum absolute atomic E-state index is 12.6. The molecule has 1 aliphatic heterocycles. The fraction of sp³-hybridized carbons (Fsp3) is 0.346. The Morgan fingerprint density at radius 1 is 0.969 bits per heavy atom. The summed E-state index contributed by atoms with van der Waals surface area (Å²) in [6.07, 6.45) is 2.22. The summed E-state index contributed by atoms with van der Waals surface area (Å²) in [5, 5.41) is 0.769. The molecule has 5 nitrogen and oxygen atoms in total. The molecule has 1 amide bonds. The molecule has 1 aromatic heterocycles. The Bertz CT molecular complexity index is 1030. The van der Waals surface area contributed by atoms with Crippen LogP contribution in [0.2, 0.25) is 0 Å². The van der Waals surface area contributed by atoms with Gasteiger partial charge in [0.15, 0.2) is 5.16 Å². The van der Waals surface area contributed by atoms with E-state index in [0.717, 1.165) is 78.1 Å². The summed E-state index contributed by atoms with van der Waals surface area (Å²) < 4.78 is 0. The van der Waals surface area contributed by atoms with E-state index in [-0.39, 0.29) is 5.91 Å². The number of carbonyl (C=O) groups is 1. The predicted octanol–water partition coefficient (Wildman–Crippen LogP) is 5.52. The Labute approximate surface area is 194 Å². The summed E-state index contributed by atoms with van der Waals surface area (Å²) >= 11 is 1.63. The number of thioether (sulfide) groups is 1. The van der Waals surface area contributed by atoms with Crippen LogP contribution in [0.3, 0.4) is 0 Å². The van der Waals surface area contributed by atoms with Gasteiger partial charge in [-0.25, -0.2) is 9.97 Å². The minimum atomic E-state index is 0.143. The van der Waals surface area contributed by atoms with Crippen molar-refractivity contribution in [3.63, 3.8) is 0 Å². The summed E-state index contributed by atoms with van der Waals surface area (Å²) in [6.45, 7) is 7.84. The molecule has 4 rings (SSSR count). The molecule has 2 heterocycles. The van der Waals surface area contributed by atoms with Gasteiger partial charge >= 0.3 is 0 Å². The number of amides is 1. The van der Waals surface area contributed by atoms with E-state index in [0.29, 0.717) is 0 Å². The normalized spacial score (nSPS) is 13.4. The van der Waals surface area contributed by atoms with Crippen LogP contribution in [-0.4, -0.2) is 47.0 Å². The van der Waals surface area contributed by atoms with Crippen LogP contribution in [0.25, 0.3) is 11.3 Å². The second-order valence-corrected chi connectivity index (χ2v) is 8.86. The number of nitrogens with zero attached hydrogens (tertiary/aromatic N) is 4. The summed E-state index contributed by atoms with van der Waals surface area (Å²) in [5.74, 6) is 1.86. The third-order valence-electron chi connectivity index (χ3n) is 5.81. The zero-order chi connectivity index (χ0) is 22.3. The van der Waals surface area contributed by atoms with E-state index < -0.39 is 0 Å². The molecule has 32 heavy (non-hydrogen) atoms. The van der Waals surface area contributed by atoms with Crippen molar-refractivity contribution in [1.29, 1.82) is 0 Å². The molecule has 166 valence electrons. The SMILES string of the molecule is CCN(CC)c1cc(-c2ccccc2)nc(SCc2ccc(C(=O)N3CCCC3)cc2)n1. The van der Waals surface area contributed by atoms with Crippen LogP contribution in [0.4, 0.5) is 5.82 Å². The van der Waals surface area contributed by atoms with Crippen molar-refractivity contribution in [3.05, 3.63) is 71.8 Å². The molecular formula is C26H30N4OS. The minimum absolute atomic E-state index is 0.143. The topological polar surface area (TPSA) is 49.3 Å². The van der Waals surface area contributed by atoms with Gasteiger partial charge in [0.1, 0.15) is 5.82 Å². The van der Waals surface area contributed by atoms with Crippen LogP contribution in [0.1, 0.15) is 42.6 Å². The highest BCUT2D eigenvalue weighted by Gasteiger charge is 2.19. The van der Waals surface area contributed by atoms with Gasteiger partial charge in [-0.1, -0.05) is 54.2 Å². The maximum atomic E-state index is 12.6. The maximum Gasteiger partial charge on any atom is 0.253 e. The third-order valence-corrected chi connectivity index (χ3v) is 6.73. The molecule has 1 saturated heterocycles. The Kier molecular flexibility index (Phi) is 7.43. The second-order valence-electron chi connectivity index (χ2n) is 7.92. The van der Waals surface area contributed by atoms with Crippen LogP contribution in [-0.2, 0) is 5.75 Å². The van der Waals surface area contributed by atoms with Gasteiger partial charge in [-0.05, 0) is 44.4 Å². The first-order valence-electron chi connectivity index (χ1n) is 11.4. The molecule has 1 fully saturated rings. The lowest BCUT2D eigenvalue weighted by molar-refractivity contribution is 0.0793. The third kappa shape index (κ3) is 5.30. The van der Waals surface area contributed by atoms with Gasteiger partial charge in [0.25, 0.3) is 5.91 Å². The molecule has 0 N–H and O–H groups in total. The lowest BCUT2D eigenvalue weighted by atomic mass is 10.1. The number of rotatable bonds is 8. The fourth-order valence-corrected chi connectivity index (χ4v) is 4.75. The summed E-state index contributed by atoms with van der Waals surface area (Å²) in [4.78, 5) is 26.4. The number of anilines is 1. The standard InChI is InChI=1S/C26H30N4OS/c1-3-29(4-2)24-18-23(21-10-6-5-7-11-21)27-26(28-24)32-19-20-12-14-22(15-13-20)25(31)30-16-8-9-17-30/h5-7,10-15,18H,3-4,8-9,16-17,19H2,1-2H3. The van der Waals surface area contributed by atoms with Crippen molar-refractivity contribution >= 4 is 23.5 Å². The van der Waals surface area contributed by atoms with Crippen molar-refractivity contribution in [2.45, 2.75) is 37.6 Å². The zero-order valence-electron chi connectivity index (χ0n) is 18.8. The van der Waals surface area contributed by atoms with Crippen LogP contribution < -0.4 is 4.90 Å². The molecule has 1 aliphatic rings. The zero-order valence-corrected chi connectivity index (χ0v) is 19.6. The van der Waals surface area contributed by atoms with E-state index in [1.165, 1.54) is 0 Å². The van der Waals surface area contributed by atoms with Crippen LogP contribution in [0.5, 0.6) is 0 Å². The van der Waals surface area contributed by atoms with Gasteiger partial charge < -0.3 is 9.80 Å². The molecule has 6 heteroatoms. The molecule has 0 spiro atoms. The molecule has 0 bridgehead atoms. The highest BCUT2D eigenvalue weighted by molar-refractivity contribution is 7.98. The van der Waals surface area contributed by atoms with E-state index in [1.54, 1.807) is 11.8 Å². The van der Waals surface area contributed by atoms with E-state index in [2.05, 4.69) is 36.9 Å². The molecule has 0 unspecified atom stereocenters. The summed E-state index contributed by atoms with van der Waals surface area (Å²) in [7, 11) is 0. The highest BCUT2D eigenvalue weighted by Crippen LogP contribution is 2.27. The minimum Gasteiger partial charge on any atom is -0.357 e. The number of carbonyl (C=O) groups excluding carboxylic acids is 1. The number of hydrogen-bond acceptors (Lipinski definition) is 5.